The number of anilines is 1. The van der Waals surface area contributed by atoms with Gasteiger partial charge < -0.3 is 10.6 Å². The van der Waals surface area contributed by atoms with E-state index in [4.69, 9.17) is 5.73 Å². The van der Waals surface area contributed by atoms with Crippen LogP contribution in [0.1, 0.15) is 52.0 Å². The molecule has 1 heterocycles. The number of halogens is 1. The summed E-state index contributed by atoms with van der Waals surface area (Å²) in [5.41, 5.74) is 9.48. The number of nitrogens with zero attached hydrogens (tertiary/aromatic N) is 1. The zero-order valence-electron chi connectivity index (χ0n) is 13.7. The minimum absolute atomic E-state index is 0.260. The molecular weight excluding hydrogens is 324 g/mol. The van der Waals surface area contributed by atoms with E-state index in [-0.39, 0.29) is 6.04 Å². The number of benzene rings is 1. The Hall–Kier alpha value is -0.540. The number of rotatable bonds is 5. The Bertz CT molecular complexity index is 464. The normalized spacial score (nSPS) is 19.6. The highest BCUT2D eigenvalue weighted by Crippen LogP contribution is 2.37. The van der Waals surface area contributed by atoms with Crippen molar-refractivity contribution in [2.75, 3.05) is 18.0 Å². The molecule has 0 saturated carbocycles. The maximum atomic E-state index is 6.18. The van der Waals surface area contributed by atoms with Crippen molar-refractivity contribution >= 4 is 21.6 Å². The summed E-state index contributed by atoms with van der Waals surface area (Å²) < 4.78 is 1.16. The van der Waals surface area contributed by atoms with Crippen molar-refractivity contribution in [2.24, 2.45) is 11.1 Å². The second-order valence-corrected chi connectivity index (χ2v) is 7.71. The van der Waals surface area contributed by atoms with E-state index in [1.807, 2.05) is 0 Å². The van der Waals surface area contributed by atoms with Gasteiger partial charge in [0, 0.05) is 29.3 Å². The molecule has 3 heteroatoms. The van der Waals surface area contributed by atoms with Gasteiger partial charge in [-0.15, -0.1) is 0 Å². The fraction of sp³-hybridized carbons (Fsp3) is 0.667. The van der Waals surface area contributed by atoms with Gasteiger partial charge in [0.25, 0.3) is 0 Å². The highest BCUT2D eigenvalue weighted by molar-refractivity contribution is 9.10. The summed E-state index contributed by atoms with van der Waals surface area (Å²) in [5.74, 6) is 0. The van der Waals surface area contributed by atoms with Gasteiger partial charge in [-0.3, -0.25) is 0 Å². The quantitative estimate of drug-likeness (QED) is 0.828. The summed E-state index contributed by atoms with van der Waals surface area (Å²) in [6, 6.07) is 6.91. The van der Waals surface area contributed by atoms with Gasteiger partial charge in [0.2, 0.25) is 0 Å². The van der Waals surface area contributed by atoms with E-state index in [1.54, 1.807) is 0 Å². The maximum absolute atomic E-state index is 6.18. The van der Waals surface area contributed by atoms with E-state index in [9.17, 15) is 0 Å². The van der Waals surface area contributed by atoms with Gasteiger partial charge >= 0.3 is 0 Å². The number of piperidine rings is 1. The molecule has 1 saturated heterocycles. The van der Waals surface area contributed by atoms with Gasteiger partial charge in [0.1, 0.15) is 0 Å². The van der Waals surface area contributed by atoms with Crippen LogP contribution in [-0.2, 0) is 6.42 Å². The van der Waals surface area contributed by atoms with Gasteiger partial charge in [-0.05, 0) is 48.8 Å². The van der Waals surface area contributed by atoms with Gasteiger partial charge in [-0.1, -0.05) is 49.2 Å². The molecule has 1 atom stereocenters. The third-order valence-corrected chi connectivity index (χ3v) is 5.71. The predicted molar refractivity (Wildman–Crippen MR) is 96.0 cm³/mol. The first-order chi connectivity index (χ1) is 9.97. The van der Waals surface area contributed by atoms with E-state index in [0.717, 1.165) is 30.4 Å². The van der Waals surface area contributed by atoms with Crippen molar-refractivity contribution in [2.45, 2.75) is 58.9 Å². The van der Waals surface area contributed by atoms with Crippen molar-refractivity contribution in [3.05, 3.63) is 28.2 Å². The molecule has 2 rings (SSSR count). The lowest BCUT2D eigenvalue weighted by Gasteiger charge is -2.41. The Morgan fingerprint density at radius 2 is 1.95 bits per heavy atom. The minimum Gasteiger partial charge on any atom is -0.371 e. The lowest BCUT2D eigenvalue weighted by atomic mass is 9.78. The molecule has 0 spiro atoms. The molecule has 1 aromatic carbocycles. The van der Waals surface area contributed by atoms with Crippen LogP contribution in [0, 0.1) is 5.41 Å². The fourth-order valence-electron chi connectivity index (χ4n) is 3.07. The van der Waals surface area contributed by atoms with Gasteiger partial charge in [0.15, 0.2) is 0 Å². The summed E-state index contributed by atoms with van der Waals surface area (Å²) in [6.07, 6.45) is 5.86. The first-order valence-electron chi connectivity index (χ1n) is 8.26. The van der Waals surface area contributed by atoms with Crippen LogP contribution in [-0.4, -0.2) is 19.1 Å². The first-order valence-corrected chi connectivity index (χ1v) is 9.05. The van der Waals surface area contributed by atoms with Crippen molar-refractivity contribution in [3.8, 4) is 0 Å². The third kappa shape index (κ3) is 4.23. The molecule has 1 aromatic rings. The Morgan fingerprint density at radius 3 is 2.52 bits per heavy atom. The second-order valence-electron chi connectivity index (χ2n) is 6.80. The van der Waals surface area contributed by atoms with E-state index >= 15 is 0 Å². The molecule has 1 unspecified atom stereocenters. The molecular formula is C18H29BrN2. The maximum Gasteiger partial charge on any atom is 0.0410 e. The summed E-state index contributed by atoms with van der Waals surface area (Å²) in [7, 11) is 0. The minimum atomic E-state index is 0.260. The molecule has 1 fully saturated rings. The largest absolute Gasteiger partial charge is 0.371 e. The summed E-state index contributed by atoms with van der Waals surface area (Å²) in [5, 5.41) is 0. The van der Waals surface area contributed by atoms with Crippen LogP contribution < -0.4 is 10.6 Å². The average molecular weight is 353 g/mol. The fourth-order valence-corrected chi connectivity index (χ4v) is 3.42. The highest BCUT2D eigenvalue weighted by atomic mass is 79.9. The Kier molecular flexibility index (Phi) is 5.73. The topological polar surface area (TPSA) is 29.3 Å². The molecule has 1 aliphatic heterocycles. The molecule has 2 N–H and O–H groups in total. The van der Waals surface area contributed by atoms with Crippen LogP contribution in [0.3, 0.4) is 0 Å². The molecule has 21 heavy (non-hydrogen) atoms. The van der Waals surface area contributed by atoms with Crippen LogP contribution in [0.2, 0.25) is 0 Å². The molecule has 2 nitrogen and oxygen atoms in total. The number of hydrogen-bond donors (Lipinski definition) is 1. The Morgan fingerprint density at radius 1 is 1.29 bits per heavy atom. The van der Waals surface area contributed by atoms with Crippen molar-refractivity contribution in [1.82, 2.24) is 0 Å². The van der Waals surface area contributed by atoms with Gasteiger partial charge in [-0.25, -0.2) is 0 Å². The molecule has 118 valence electrons. The first kappa shape index (κ1) is 16.8. The van der Waals surface area contributed by atoms with E-state index in [1.165, 1.54) is 30.5 Å². The number of nitrogens with two attached hydrogens (primary N) is 1. The Balaban J connectivity index is 2.17. The second kappa shape index (κ2) is 7.15. The van der Waals surface area contributed by atoms with E-state index < -0.39 is 0 Å². The average Bonchev–Trinajstić information content (AvgIpc) is 2.50. The van der Waals surface area contributed by atoms with Crippen LogP contribution in [0.15, 0.2) is 22.7 Å². The summed E-state index contributed by atoms with van der Waals surface area (Å²) in [6.45, 7) is 9.24. The van der Waals surface area contributed by atoms with Gasteiger partial charge in [-0.2, -0.15) is 0 Å². The van der Waals surface area contributed by atoms with Gasteiger partial charge in [0.05, 0.1) is 0 Å². The molecule has 0 aliphatic carbocycles. The van der Waals surface area contributed by atoms with Crippen LogP contribution in [0.25, 0.3) is 0 Å². The molecule has 1 aliphatic rings. The lowest BCUT2D eigenvalue weighted by Crippen LogP contribution is -2.39. The SMILES string of the molecule is CCC(N)Cc1ccc(Br)cc1N1CCC(C)(CC)CC1. The zero-order chi connectivity index (χ0) is 15.5. The zero-order valence-corrected chi connectivity index (χ0v) is 15.2. The summed E-state index contributed by atoms with van der Waals surface area (Å²) >= 11 is 3.62. The van der Waals surface area contributed by atoms with Crippen molar-refractivity contribution in [1.29, 1.82) is 0 Å². The third-order valence-electron chi connectivity index (χ3n) is 5.22. The number of hydrogen-bond acceptors (Lipinski definition) is 2. The monoisotopic (exact) mass is 352 g/mol. The lowest BCUT2D eigenvalue weighted by molar-refractivity contribution is 0.238. The predicted octanol–water partition coefficient (Wildman–Crippen LogP) is 4.75. The van der Waals surface area contributed by atoms with Crippen LogP contribution >= 0.6 is 15.9 Å². The molecule has 0 amide bonds. The molecule has 0 radical (unpaired) electrons. The van der Waals surface area contributed by atoms with Crippen LogP contribution in [0.4, 0.5) is 5.69 Å². The molecule has 0 aromatic heterocycles. The summed E-state index contributed by atoms with van der Waals surface area (Å²) in [4.78, 5) is 2.56. The smallest absolute Gasteiger partial charge is 0.0410 e. The van der Waals surface area contributed by atoms with Crippen LogP contribution in [0.5, 0.6) is 0 Å². The van der Waals surface area contributed by atoms with Crippen molar-refractivity contribution < 1.29 is 0 Å². The standard InChI is InChI=1S/C18H29BrN2/c1-4-16(20)12-14-6-7-15(19)13-17(14)21-10-8-18(3,5-2)9-11-21/h6-7,13,16H,4-5,8-12,20H2,1-3H3. The Labute approximate surface area is 138 Å². The van der Waals surface area contributed by atoms with E-state index in [2.05, 4.69) is 59.8 Å². The highest BCUT2D eigenvalue weighted by Gasteiger charge is 2.29. The molecule has 0 bridgehead atoms. The van der Waals surface area contributed by atoms with E-state index in [0.29, 0.717) is 5.41 Å². The van der Waals surface area contributed by atoms with Crippen molar-refractivity contribution in [3.63, 3.8) is 0 Å².